The predicted molar refractivity (Wildman–Crippen MR) is 69.4 cm³/mol. The van der Waals surface area contributed by atoms with Crippen LogP contribution < -0.4 is 10.6 Å². The highest BCUT2D eigenvalue weighted by atomic mass is 16.4. The van der Waals surface area contributed by atoms with Gasteiger partial charge in [-0.3, -0.25) is 4.79 Å². The van der Waals surface area contributed by atoms with Crippen LogP contribution in [0.25, 0.3) is 0 Å². The maximum Gasteiger partial charge on any atom is 0.315 e. The van der Waals surface area contributed by atoms with E-state index in [0.29, 0.717) is 0 Å². The summed E-state index contributed by atoms with van der Waals surface area (Å²) in [6, 6.07) is -0.258. The van der Waals surface area contributed by atoms with E-state index in [0.717, 1.165) is 25.7 Å². The molecule has 5 nitrogen and oxygen atoms in total. The van der Waals surface area contributed by atoms with Crippen LogP contribution in [0.15, 0.2) is 0 Å². The molecule has 0 aromatic heterocycles. The van der Waals surface area contributed by atoms with E-state index in [-0.39, 0.29) is 24.0 Å². The molecule has 1 unspecified atom stereocenters. The Labute approximate surface area is 108 Å². The summed E-state index contributed by atoms with van der Waals surface area (Å²) in [5.41, 5.74) is -0.124. The molecule has 0 aromatic carbocycles. The van der Waals surface area contributed by atoms with Gasteiger partial charge in [-0.15, -0.1) is 0 Å². The third kappa shape index (κ3) is 4.20. The smallest absolute Gasteiger partial charge is 0.315 e. The summed E-state index contributed by atoms with van der Waals surface area (Å²) in [4.78, 5) is 22.7. The van der Waals surface area contributed by atoms with Gasteiger partial charge in [0.25, 0.3) is 0 Å². The molecule has 0 bridgehead atoms. The van der Waals surface area contributed by atoms with Crippen molar-refractivity contribution in [2.24, 2.45) is 11.8 Å². The molecule has 0 heterocycles. The number of urea groups is 1. The number of carbonyl (C=O) groups is 2. The molecule has 1 aliphatic carbocycles. The normalized spacial score (nSPS) is 19.6. The number of hydrogen-bond donors (Lipinski definition) is 3. The summed E-state index contributed by atoms with van der Waals surface area (Å²) in [6.07, 6.45) is 4.26. The number of carbonyl (C=O) groups excluding carboxylic acids is 1. The molecule has 0 aliphatic heterocycles. The lowest BCUT2D eigenvalue weighted by Gasteiger charge is -2.26. The Morgan fingerprint density at radius 2 is 1.83 bits per heavy atom. The molecule has 0 spiro atoms. The number of carboxylic acid groups (broad SMARTS) is 1. The van der Waals surface area contributed by atoms with Crippen LogP contribution in [0.1, 0.15) is 46.5 Å². The minimum atomic E-state index is -0.864. The monoisotopic (exact) mass is 256 g/mol. The number of nitrogens with one attached hydrogen (secondary N) is 2. The first-order valence-corrected chi connectivity index (χ1v) is 6.63. The van der Waals surface area contributed by atoms with Gasteiger partial charge in [0.1, 0.15) is 0 Å². The number of aliphatic carboxylic acids is 1. The second-order valence-corrected chi connectivity index (χ2v) is 5.79. The summed E-state index contributed by atoms with van der Waals surface area (Å²) in [5, 5.41) is 14.6. The number of carboxylic acids is 1. The van der Waals surface area contributed by atoms with Gasteiger partial charge in [-0.1, -0.05) is 26.7 Å². The topological polar surface area (TPSA) is 78.4 Å². The van der Waals surface area contributed by atoms with Crippen molar-refractivity contribution >= 4 is 12.0 Å². The Hall–Kier alpha value is -1.26. The van der Waals surface area contributed by atoms with E-state index in [2.05, 4.69) is 10.6 Å². The SMILES string of the molecule is CC(C)C(CNC(=O)NC1(C)CCCC1)C(=O)O. The Kier molecular flexibility index (Phi) is 4.99. The van der Waals surface area contributed by atoms with Crippen LogP contribution in [-0.4, -0.2) is 29.2 Å². The van der Waals surface area contributed by atoms with Gasteiger partial charge >= 0.3 is 12.0 Å². The summed E-state index contributed by atoms with van der Waals surface area (Å²) < 4.78 is 0. The average molecular weight is 256 g/mol. The van der Waals surface area contributed by atoms with Gasteiger partial charge in [0, 0.05) is 12.1 Å². The average Bonchev–Trinajstić information content (AvgIpc) is 2.63. The summed E-state index contributed by atoms with van der Waals surface area (Å²) in [7, 11) is 0. The van der Waals surface area contributed by atoms with Crippen LogP contribution in [0.4, 0.5) is 4.79 Å². The molecule has 1 rings (SSSR count). The van der Waals surface area contributed by atoms with Crippen LogP contribution in [0.3, 0.4) is 0 Å². The molecule has 18 heavy (non-hydrogen) atoms. The predicted octanol–water partition coefficient (Wildman–Crippen LogP) is 1.98. The third-order valence-corrected chi connectivity index (χ3v) is 3.73. The Morgan fingerprint density at radius 1 is 1.28 bits per heavy atom. The Bertz CT molecular complexity index is 309. The molecule has 1 atom stereocenters. The van der Waals surface area contributed by atoms with E-state index in [4.69, 9.17) is 5.11 Å². The number of amides is 2. The zero-order valence-electron chi connectivity index (χ0n) is 11.5. The highest BCUT2D eigenvalue weighted by Gasteiger charge is 2.30. The quantitative estimate of drug-likeness (QED) is 0.703. The molecule has 1 aliphatic rings. The summed E-state index contributed by atoms with van der Waals surface area (Å²) in [6.45, 7) is 5.90. The fourth-order valence-electron chi connectivity index (χ4n) is 2.41. The van der Waals surface area contributed by atoms with Gasteiger partial charge < -0.3 is 15.7 Å². The molecule has 0 radical (unpaired) electrons. The molecule has 2 amide bonds. The molecule has 1 fully saturated rings. The van der Waals surface area contributed by atoms with E-state index in [1.165, 1.54) is 0 Å². The van der Waals surface area contributed by atoms with Crippen LogP contribution in [-0.2, 0) is 4.79 Å². The molecule has 5 heteroatoms. The fraction of sp³-hybridized carbons (Fsp3) is 0.846. The van der Waals surface area contributed by atoms with Crippen molar-refractivity contribution in [1.82, 2.24) is 10.6 Å². The molecular formula is C13H24N2O3. The lowest BCUT2D eigenvalue weighted by atomic mass is 9.96. The van der Waals surface area contributed by atoms with Crippen molar-refractivity contribution < 1.29 is 14.7 Å². The highest BCUT2D eigenvalue weighted by molar-refractivity contribution is 5.76. The Balaban J connectivity index is 2.38. The van der Waals surface area contributed by atoms with Crippen molar-refractivity contribution in [3.63, 3.8) is 0 Å². The van der Waals surface area contributed by atoms with Gasteiger partial charge in [-0.05, 0) is 25.7 Å². The summed E-state index contributed by atoms with van der Waals surface area (Å²) in [5.74, 6) is -1.39. The standard InChI is InChI=1S/C13H24N2O3/c1-9(2)10(11(16)17)8-14-12(18)15-13(3)6-4-5-7-13/h9-10H,4-8H2,1-3H3,(H,16,17)(H2,14,15,18). The zero-order valence-corrected chi connectivity index (χ0v) is 11.5. The molecule has 0 saturated heterocycles. The van der Waals surface area contributed by atoms with Crippen LogP contribution in [0, 0.1) is 11.8 Å². The first-order chi connectivity index (χ1) is 8.34. The lowest BCUT2D eigenvalue weighted by molar-refractivity contribution is -0.142. The summed E-state index contributed by atoms with van der Waals surface area (Å²) >= 11 is 0. The van der Waals surface area contributed by atoms with Crippen molar-refractivity contribution in [2.75, 3.05) is 6.54 Å². The van der Waals surface area contributed by atoms with Crippen LogP contribution in [0.2, 0.25) is 0 Å². The zero-order chi connectivity index (χ0) is 13.8. The lowest BCUT2D eigenvalue weighted by Crippen LogP contribution is -2.50. The third-order valence-electron chi connectivity index (χ3n) is 3.73. The maximum atomic E-state index is 11.7. The van der Waals surface area contributed by atoms with Crippen LogP contribution >= 0.6 is 0 Å². The van der Waals surface area contributed by atoms with Gasteiger partial charge in [-0.25, -0.2) is 4.79 Å². The molecule has 0 aromatic rings. The first-order valence-electron chi connectivity index (χ1n) is 6.63. The number of hydrogen-bond acceptors (Lipinski definition) is 2. The van der Waals surface area contributed by atoms with Gasteiger partial charge in [0.2, 0.25) is 0 Å². The maximum absolute atomic E-state index is 11.7. The minimum Gasteiger partial charge on any atom is -0.481 e. The van der Waals surface area contributed by atoms with Gasteiger partial charge in [-0.2, -0.15) is 0 Å². The van der Waals surface area contributed by atoms with Crippen molar-refractivity contribution in [2.45, 2.75) is 52.0 Å². The van der Waals surface area contributed by atoms with E-state index < -0.39 is 11.9 Å². The minimum absolute atomic E-state index is 0.00451. The fourth-order valence-corrected chi connectivity index (χ4v) is 2.41. The van der Waals surface area contributed by atoms with E-state index in [1.54, 1.807) is 0 Å². The van der Waals surface area contributed by atoms with Gasteiger partial charge in [0.15, 0.2) is 0 Å². The molecule has 104 valence electrons. The second-order valence-electron chi connectivity index (χ2n) is 5.79. The van der Waals surface area contributed by atoms with E-state index >= 15 is 0 Å². The molecular weight excluding hydrogens is 232 g/mol. The molecule has 1 saturated carbocycles. The van der Waals surface area contributed by atoms with Crippen molar-refractivity contribution in [3.05, 3.63) is 0 Å². The van der Waals surface area contributed by atoms with Crippen molar-refractivity contribution in [3.8, 4) is 0 Å². The van der Waals surface area contributed by atoms with Crippen LogP contribution in [0.5, 0.6) is 0 Å². The second kappa shape index (κ2) is 6.07. The first kappa shape index (κ1) is 14.8. The number of rotatable bonds is 5. The van der Waals surface area contributed by atoms with E-state index in [9.17, 15) is 9.59 Å². The van der Waals surface area contributed by atoms with Gasteiger partial charge in [0.05, 0.1) is 5.92 Å². The van der Waals surface area contributed by atoms with E-state index in [1.807, 2.05) is 20.8 Å². The highest BCUT2D eigenvalue weighted by Crippen LogP contribution is 2.28. The molecule has 3 N–H and O–H groups in total. The Morgan fingerprint density at radius 3 is 2.28 bits per heavy atom. The largest absolute Gasteiger partial charge is 0.481 e. The van der Waals surface area contributed by atoms with Crippen molar-refractivity contribution in [1.29, 1.82) is 0 Å².